The van der Waals surface area contributed by atoms with Gasteiger partial charge in [-0.15, -0.1) is 0 Å². The van der Waals surface area contributed by atoms with E-state index in [2.05, 4.69) is 0 Å². The topological polar surface area (TPSA) is 72.4 Å². The van der Waals surface area contributed by atoms with Gasteiger partial charge in [0, 0.05) is 19.1 Å². The third kappa shape index (κ3) is 2.15. The first kappa shape index (κ1) is 12.8. The average molecular weight is 253 g/mol. The standard InChI is InChI=1S/C12H16FN3O2/c1-7-3-11(12(16(17)18)4-9(7)13)15-5-8(2)10(14)6-15/h3-4,8,10H,5-6,14H2,1-2H3. The van der Waals surface area contributed by atoms with E-state index in [1.165, 1.54) is 6.07 Å². The summed E-state index contributed by atoms with van der Waals surface area (Å²) in [6.45, 7) is 4.83. The SMILES string of the molecule is Cc1cc(N2CC(C)C(N)C2)c([N+](=O)[O-])cc1F. The Morgan fingerprint density at radius 1 is 1.50 bits per heavy atom. The molecule has 0 radical (unpaired) electrons. The fraction of sp³-hybridized carbons (Fsp3) is 0.500. The number of nitro groups is 1. The van der Waals surface area contributed by atoms with Crippen molar-refractivity contribution < 1.29 is 9.31 Å². The van der Waals surface area contributed by atoms with Gasteiger partial charge in [0.1, 0.15) is 11.5 Å². The number of benzene rings is 1. The largest absolute Gasteiger partial charge is 0.364 e. The number of nitrogens with zero attached hydrogens (tertiary/aromatic N) is 2. The van der Waals surface area contributed by atoms with Crippen molar-refractivity contribution in [3.8, 4) is 0 Å². The number of hydrogen-bond donors (Lipinski definition) is 1. The Morgan fingerprint density at radius 3 is 2.67 bits per heavy atom. The smallest absolute Gasteiger partial charge is 0.295 e. The third-order valence-corrected chi connectivity index (χ3v) is 3.46. The van der Waals surface area contributed by atoms with Gasteiger partial charge < -0.3 is 10.6 Å². The molecular weight excluding hydrogens is 237 g/mol. The van der Waals surface area contributed by atoms with E-state index in [0.717, 1.165) is 6.07 Å². The zero-order chi connectivity index (χ0) is 13.4. The molecule has 2 unspecified atom stereocenters. The molecule has 0 amide bonds. The first-order valence-electron chi connectivity index (χ1n) is 5.85. The summed E-state index contributed by atoms with van der Waals surface area (Å²) in [4.78, 5) is 12.3. The van der Waals surface area contributed by atoms with Crippen LogP contribution in [0.5, 0.6) is 0 Å². The molecule has 0 spiro atoms. The molecule has 1 aromatic carbocycles. The molecule has 18 heavy (non-hydrogen) atoms. The molecule has 1 aliphatic rings. The van der Waals surface area contributed by atoms with Gasteiger partial charge in [0.15, 0.2) is 0 Å². The second kappa shape index (κ2) is 4.53. The molecule has 1 aromatic rings. The van der Waals surface area contributed by atoms with Crippen LogP contribution in [0.2, 0.25) is 0 Å². The summed E-state index contributed by atoms with van der Waals surface area (Å²) in [5, 5.41) is 11.0. The average Bonchev–Trinajstić information content (AvgIpc) is 2.62. The van der Waals surface area contributed by atoms with Gasteiger partial charge in [-0.1, -0.05) is 6.92 Å². The highest BCUT2D eigenvalue weighted by Crippen LogP contribution is 2.33. The lowest BCUT2D eigenvalue weighted by Crippen LogP contribution is -2.28. The Kier molecular flexibility index (Phi) is 3.21. The molecule has 5 nitrogen and oxygen atoms in total. The van der Waals surface area contributed by atoms with Crippen molar-refractivity contribution in [2.24, 2.45) is 11.7 Å². The van der Waals surface area contributed by atoms with Crippen LogP contribution in [-0.2, 0) is 0 Å². The van der Waals surface area contributed by atoms with Gasteiger partial charge in [0.05, 0.1) is 11.0 Å². The second-order valence-electron chi connectivity index (χ2n) is 4.89. The number of nitrogens with two attached hydrogens (primary N) is 1. The van der Waals surface area contributed by atoms with E-state index >= 15 is 0 Å². The van der Waals surface area contributed by atoms with E-state index in [4.69, 9.17) is 5.73 Å². The molecule has 1 fully saturated rings. The van der Waals surface area contributed by atoms with Crippen molar-refractivity contribution in [3.05, 3.63) is 33.6 Å². The molecule has 2 N–H and O–H groups in total. The summed E-state index contributed by atoms with van der Waals surface area (Å²) in [6, 6.07) is 2.51. The van der Waals surface area contributed by atoms with Crippen LogP contribution in [0, 0.1) is 28.8 Å². The molecule has 1 aliphatic heterocycles. The number of halogens is 1. The van der Waals surface area contributed by atoms with Crippen LogP contribution in [0.25, 0.3) is 0 Å². The summed E-state index contributed by atoms with van der Waals surface area (Å²) in [7, 11) is 0. The van der Waals surface area contributed by atoms with E-state index in [-0.39, 0.29) is 17.6 Å². The molecule has 2 atom stereocenters. The minimum atomic E-state index is -0.554. The van der Waals surface area contributed by atoms with Gasteiger partial charge in [0.2, 0.25) is 0 Å². The molecule has 98 valence electrons. The predicted molar refractivity (Wildman–Crippen MR) is 67.1 cm³/mol. The Hall–Kier alpha value is -1.69. The maximum atomic E-state index is 13.4. The highest BCUT2D eigenvalue weighted by atomic mass is 19.1. The molecule has 2 rings (SSSR count). The number of nitro benzene ring substituents is 1. The van der Waals surface area contributed by atoms with Gasteiger partial charge in [-0.2, -0.15) is 0 Å². The van der Waals surface area contributed by atoms with Crippen LogP contribution in [0.1, 0.15) is 12.5 Å². The predicted octanol–water partition coefficient (Wildman–Crippen LogP) is 1.83. The maximum Gasteiger partial charge on any atom is 0.295 e. The van der Waals surface area contributed by atoms with Crippen molar-refractivity contribution in [2.75, 3.05) is 18.0 Å². The summed E-state index contributed by atoms with van der Waals surface area (Å²) >= 11 is 0. The minimum Gasteiger partial charge on any atom is -0.364 e. The van der Waals surface area contributed by atoms with E-state index in [9.17, 15) is 14.5 Å². The fourth-order valence-electron chi connectivity index (χ4n) is 2.24. The van der Waals surface area contributed by atoms with Crippen molar-refractivity contribution in [3.63, 3.8) is 0 Å². The van der Waals surface area contributed by atoms with Gasteiger partial charge in [-0.05, 0) is 24.5 Å². The van der Waals surface area contributed by atoms with Crippen molar-refractivity contribution in [1.29, 1.82) is 0 Å². The Balaban J connectivity index is 2.43. The lowest BCUT2D eigenvalue weighted by atomic mass is 10.1. The minimum absolute atomic E-state index is 0.00466. The normalized spacial score (nSPS) is 23.4. The van der Waals surface area contributed by atoms with E-state index < -0.39 is 10.7 Å². The van der Waals surface area contributed by atoms with Crippen LogP contribution in [0.15, 0.2) is 12.1 Å². The van der Waals surface area contributed by atoms with Gasteiger partial charge in [0.25, 0.3) is 5.69 Å². The lowest BCUT2D eigenvalue weighted by molar-refractivity contribution is -0.384. The third-order valence-electron chi connectivity index (χ3n) is 3.46. The maximum absolute atomic E-state index is 13.4. The van der Waals surface area contributed by atoms with Crippen LogP contribution in [0.3, 0.4) is 0 Å². The van der Waals surface area contributed by atoms with Crippen LogP contribution >= 0.6 is 0 Å². The first-order valence-corrected chi connectivity index (χ1v) is 5.85. The lowest BCUT2D eigenvalue weighted by Gasteiger charge is -2.18. The first-order chi connectivity index (χ1) is 8.40. The molecule has 6 heteroatoms. The summed E-state index contributed by atoms with van der Waals surface area (Å²) in [5.74, 6) is -0.281. The summed E-state index contributed by atoms with van der Waals surface area (Å²) in [6.07, 6.45) is 0. The highest BCUT2D eigenvalue weighted by molar-refractivity contribution is 5.65. The highest BCUT2D eigenvalue weighted by Gasteiger charge is 2.31. The van der Waals surface area contributed by atoms with Crippen LogP contribution in [-0.4, -0.2) is 24.1 Å². The molecule has 1 heterocycles. The van der Waals surface area contributed by atoms with Gasteiger partial charge >= 0.3 is 0 Å². The zero-order valence-corrected chi connectivity index (χ0v) is 10.4. The Labute approximate surface area is 105 Å². The molecular formula is C12H16FN3O2. The molecule has 0 aromatic heterocycles. The Bertz CT molecular complexity index is 482. The van der Waals surface area contributed by atoms with E-state index in [0.29, 0.717) is 24.3 Å². The summed E-state index contributed by atoms with van der Waals surface area (Å²) < 4.78 is 13.4. The second-order valence-corrected chi connectivity index (χ2v) is 4.89. The van der Waals surface area contributed by atoms with E-state index in [1.54, 1.807) is 6.92 Å². The van der Waals surface area contributed by atoms with Crippen molar-refractivity contribution in [1.82, 2.24) is 0 Å². The van der Waals surface area contributed by atoms with Crippen molar-refractivity contribution >= 4 is 11.4 Å². The number of anilines is 1. The zero-order valence-electron chi connectivity index (χ0n) is 10.4. The van der Waals surface area contributed by atoms with Crippen LogP contribution < -0.4 is 10.6 Å². The van der Waals surface area contributed by atoms with Crippen LogP contribution in [0.4, 0.5) is 15.8 Å². The number of hydrogen-bond acceptors (Lipinski definition) is 4. The van der Waals surface area contributed by atoms with Gasteiger partial charge in [-0.25, -0.2) is 4.39 Å². The van der Waals surface area contributed by atoms with Gasteiger partial charge in [-0.3, -0.25) is 10.1 Å². The quantitative estimate of drug-likeness (QED) is 0.644. The summed E-state index contributed by atoms with van der Waals surface area (Å²) in [5.41, 5.74) is 6.58. The van der Waals surface area contributed by atoms with E-state index in [1.807, 2.05) is 11.8 Å². The number of aryl methyl sites for hydroxylation is 1. The molecule has 0 aliphatic carbocycles. The molecule has 0 bridgehead atoms. The number of rotatable bonds is 2. The van der Waals surface area contributed by atoms with Crippen molar-refractivity contribution in [2.45, 2.75) is 19.9 Å². The molecule has 1 saturated heterocycles. The fourth-order valence-corrected chi connectivity index (χ4v) is 2.24. The monoisotopic (exact) mass is 253 g/mol. The Morgan fingerprint density at radius 2 is 2.17 bits per heavy atom. The molecule has 0 saturated carbocycles.